The fourth-order valence-electron chi connectivity index (χ4n) is 3.51. The molecule has 4 aromatic rings. The normalized spacial score (nSPS) is 11.7. The van der Waals surface area contributed by atoms with E-state index in [2.05, 4.69) is 49.2 Å². The third-order valence-corrected chi connectivity index (χ3v) is 9.02. The summed E-state index contributed by atoms with van der Waals surface area (Å²) in [4.78, 5) is 34.3. The zero-order valence-electron chi connectivity index (χ0n) is 23.5. The van der Waals surface area contributed by atoms with E-state index < -0.39 is 38.5 Å². The van der Waals surface area contributed by atoms with Crippen molar-refractivity contribution in [2.24, 2.45) is 10.2 Å². The van der Waals surface area contributed by atoms with Crippen LogP contribution in [0.2, 0.25) is 5.28 Å². The lowest BCUT2D eigenvalue weighted by atomic mass is 10.1. The Bertz CT molecular complexity index is 1980. The number of aliphatic carboxylic acids is 1. The number of halogens is 1. The van der Waals surface area contributed by atoms with Crippen molar-refractivity contribution in [2.75, 3.05) is 16.8 Å². The van der Waals surface area contributed by atoms with Gasteiger partial charge in [0, 0.05) is 22.3 Å². The van der Waals surface area contributed by atoms with Crippen LogP contribution in [0, 0.1) is 0 Å². The lowest BCUT2D eigenvalue weighted by Gasteiger charge is -2.15. The van der Waals surface area contributed by atoms with Gasteiger partial charge < -0.3 is 19.7 Å². The van der Waals surface area contributed by atoms with Gasteiger partial charge in [0.1, 0.15) is 11.4 Å². The van der Waals surface area contributed by atoms with Crippen molar-refractivity contribution in [3.05, 3.63) is 47.7 Å². The minimum atomic E-state index is -4.83. The predicted molar refractivity (Wildman–Crippen MR) is 172 cm³/mol. The van der Waals surface area contributed by atoms with Crippen molar-refractivity contribution in [3.63, 3.8) is 0 Å². The Morgan fingerprint density at radius 3 is 2.37 bits per heavy atom. The van der Waals surface area contributed by atoms with E-state index in [9.17, 15) is 27.7 Å². The van der Waals surface area contributed by atoms with Gasteiger partial charge in [-0.15, -0.1) is 13.8 Å². The molecule has 0 unspecified atom stereocenters. The van der Waals surface area contributed by atoms with Crippen LogP contribution in [0.1, 0.15) is 0 Å². The summed E-state index contributed by atoms with van der Waals surface area (Å²) in [5.74, 6) is -3.42. The number of carboxylic acids is 1. The van der Waals surface area contributed by atoms with Gasteiger partial charge in [-0.25, -0.2) is 10.5 Å². The van der Waals surface area contributed by atoms with Gasteiger partial charge in [0.15, 0.2) is 10.9 Å². The number of nitrogens with zero attached hydrogens (tertiary/aromatic N) is 5. The van der Waals surface area contributed by atoms with Crippen molar-refractivity contribution in [1.82, 2.24) is 15.0 Å². The number of carbonyl (C=O) groups is 2. The molecule has 6 N–H and O–H groups in total. The molecule has 1 heterocycles. The largest absolute Gasteiger partial charge is 0.505 e. The summed E-state index contributed by atoms with van der Waals surface area (Å²) in [6, 6.07) is 9.29. The van der Waals surface area contributed by atoms with Gasteiger partial charge >= 0.3 is 11.9 Å². The van der Waals surface area contributed by atoms with Gasteiger partial charge in [-0.3, -0.25) is 14.1 Å². The molecule has 0 aliphatic heterocycles. The SMILES string of the molecule is O=C(O)CSc1nc(Cl)nc(Nc2cc(S(=O)(=O)O)cc3cc(SOOO)c(N=Nc4ccc(SOC(=O)CSOOO)cc4)c(O)c23)n1. The first-order valence-corrected chi connectivity index (χ1v) is 17.6. The smallest absolute Gasteiger partial charge is 0.330 e. The number of carboxylic acid groups (broad SMARTS) is 1. The van der Waals surface area contributed by atoms with Crippen LogP contribution in [0.15, 0.2) is 72.5 Å². The fraction of sp³-hybridized carbons (Fsp3) is 0.0870. The first kappa shape index (κ1) is 38.2. The van der Waals surface area contributed by atoms with Gasteiger partial charge in [-0.2, -0.15) is 28.5 Å². The number of hydrogen-bond acceptors (Lipinski definition) is 22. The zero-order chi connectivity index (χ0) is 35.6. The molecular formula is C23H17ClN6O14S5. The second-order valence-electron chi connectivity index (χ2n) is 8.50. The Labute approximate surface area is 295 Å². The number of phenols is 1. The Morgan fingerprint density at radius 2 is 1.69 bits per heavy atom. The molecule has 260 valence electrons. The van der Waals surface area contributed by atoms with Crippen LogP contribution >= 0.6 is 59.5 Å². The van der Waals surface area contributed by atoms with Gasteiger partial charge in [-0.1, -0.05) is 21.8 Å². The van der Waals surface area contributed by atoms with Crippen LogP contribution in [0.25, 0.3) is 10.8 Å². The van der Waals surface area contributed by atoms with E-state index in [1.165, 1.54) is 30.3 Å². The van der Waals surface area contributed by atoms with E-state index in [-0.39, 0.29) is 54.9 Å². The number of aromatic nitrogens is 3. The van der Waals surface area contributed by atoms with Gasteiger partial charge in [-0.05, 0) is 59.5 Å². The molecule has 0 saturated heterocycles. The molecule has 0 saturated carbocycles. The Balaban J connectivity index is 1.72. The molecule has 26 heteroatoms. The summed E-state index contributed by atoms with van der Waals surface area (Å²) in [5.41, 5.74) is -0.195. The summed E-state index contributed by atoms with van der Waals surface area (Å²) in [6.07, 6.45) is 0. The average Bonchev–Trinajstić information content (AvgIpc) is 3.04. The Morgan fingerprint density at radius 1 is 0.959 bits per heavy atom. The first-order valence-electron chi connectivity index (χ1n) is 12.4. The lowest BCUT2D eigenvalue weighted by molar-refractivity contribution is -0.432. The van der Waals surface area contributed by atoms with Crippen LogP contribution in [0.4, 0.5) is 23.0 Å². The number of azo groups is 1. The molecule has 1 aromatic heterocycles. The number of benzene rings is 3. The molecule has 49 heavy (non-hydrogen) atoms. The van der Waals surface area contributed by atoms with Crippen molar-refractivity contribution in [3.8, 4) is 5.75 Å². The van der Waals surface area contributed by atoms with Crippen molar-refractivity contribution >= 4 is 115 Å². The molecule has 0 bridgehead atoms. The summed E-state index contributed by atoms with van der Waals surface area (Å²) in [5, 5.41) is 54.6. The number of nitrogens with one attached hydrogen (secondary N) is 1. The minimum Gasteiger partial charge on any atom is -0.505 e. The highest BCUT2D eigenvalue weighted by Crippen LogP contribution is 2.47. The second-order valence-corrected chi connectivity index (χ2v) is 13.4. The standard InChI is InChI=1S/C23H17ClN6O14S5/c24-21-26-22(28-23(27-21)45-8-16(31)32)25-14-7-13(49(37,38)39)5-10-6-15(48-44-42-36)19(20(34)18(10)14)30-29-11-1-3-12(4-2-11)47-40-17(33)9-46-43-41-35/h1-7,34-36H,8-9H2,(H,31,32)(H,37,38,39)(H,25,26,27,28). The maximum Gasteiger partial charge on any atom is 0.330 e. The number of rotatable bonds is 17. The summed E-state index contributed by atoms with van der Waals surface area (Å²) >= 11 is 8.29. The molecule has 0 amide bonds. The molecule has 0 fully saturated rings. The van der Waals surface area contributed by atoms with E-state index >= 15 is 0 Å². The van der Waals surface area contributed by atoms with E-state index in [1.807, 2.05) is 0 Å². The molecule has 3 aromatic carbocycles. The van der Waals surface area contributed by atoms with Crippen LogP contribution in [0.5, 0.6) is 5.75 Å². The van der Waals surface area contributed by atoms with Crippen LogP contribution in [0.3, 0.4) is 0 Å². The molecule has 0 aliphatic carbocycles. The highest BCUT2D eigenvalue weighted by molar-refractivity contribution is 7.99. The Kier molecular flexibility index (Phi) is 14.0. The van der Waals surface area contributed by atoms with Gasteiger partial charge in [0.05, 0.1) is 51.0 Å². The predicted octanol–water partition coefficient (Wildman–Crippen LogP) is 6.01. The topological polar surface area (TPSA) is 291 Å². The summed E-state index contributed by atoms with van der Waals surface area (Å²) in [7, 11) is -4.83. The molecule has 20 nitrogen and oxygen atoms in total. The van der Waals surface area contributed by atoms with E-state index in [0.717, 1.165) is 35.9 Å². The van der Waals surface area contributed by atoms with E-state index in [1.54, 1.807) is 0 Å². The monoisotopic (exact) mass is 796 g/mol. The number of aromatic hydroxyl groups is 1. The molecule has 0 radical (unpaired) electrons. The summed E-state index contributed by atoms with van der Waals surface area (Å²) < 4.78 is 47.7. The maximum absolute atomic E-state index is 12.1. The molecular weight excluding hydrogens is 780 g/mol. The van der Waals surface area contributed by atoms with Crippen molar-refractivity contribution in [1.29, 1.82) is 0 Å². The molecule has 0 spiro atoms. The lowest BCUT2D eigenvalue weighted by Crippen LogP contribution is -2.05. The van der Waals surface area contributed by atoms with Crippen LogP contribution in [-0.4, -0.2) is 72.1 Å². The van der Waals surface area contributed by atoms with Crippen LogP contribution in [-0.2, 0) is 42.6 Å². The minimum absolute atomic E-state index is 0.0106. The zero-order valence-corrected chi connectivity index (χ0v) is 28.4. The number of hydrogen-bond donors (Lipinski definition) is 6. The van der Waals surface area contributed by atoms with Gasteiger partial charge in [0.25, 0.3) is 10.1 Å². The second kappa shape index (κ2) is 17.9. The Hall–Kier alpha value is -3.57. The third kappa shape index (κ3) is 11.2. The van der Waals surface area contributed by atoms with Gasteiger partial charge in [0.2, 0.25) is 11.2 Å². The number of fused-ring (bicyclic) bond motifs is 1. The van der Waals surface area contributed by atoms with Crippen LogP contribution < -0.4 is 5.32 Å². The van der Waals surface area contributed by atoms with E-state index in [0.29, 0.717) is 29.0 Å². The molecule has 4 rings (SSSR count). The highest BCUT2D eigenvalue weighted by Gasteiger charge is 2.22. The maximum atomic E-state index is 12.1. The molecule has 0 atom stereocenters. The highest BCUT2D eigenvalue weighted by atomic mass is 35.5. The van der Waals surface area contributed by atoms with E-state index in [4.69, 9.17) is 31.4 Å². The summed E-state index contributed by atoms with van der Waals surface area (Å²) in [6.45, 7) is 0. The third-order valence-electron chi connectivity index (χ3n) is 5.32. The quantitative estimate of drug-likeness (QED) is 0.0135. The number of anilines is 2. The molecule has 0 aliphatic rings. The average molecular weight is 797 g/mol. The number of phenolic OH excluding ortho intramolecular Hbond substituents is 1. The first-order chi connectivity index (χ1) is 23.4. The van der Waals surface area contributed by atoms with Crippen molar-refractivity contribution < 1.29 is 66.2 Å². The number of carbonyl (C=O) groups excluding carboxylic acids is 1. The number of thioether (sulfide) groups is 1. The fourth-order valence-corrected chi connectivity index (χ4v) is 6.13. The van der Waals surface area contributed by atoms with Crippen molar-refractivity contribution in [2.45, 2.75) is 19.8 Å².